The number of benzene rings is 2. The Morgan fingerprint density at radius 1 is 1.05 bits per heavy atom. The number of rotatable bonds is 5. The van der Waals surface area contributed by atoms with Crippen LogP contribution in [-0.4, -0.2) is 25.4 Å². The summed E-state index contributed by atoms with van der Waals surface area (Å²) < 4.78 is 0. The summed E-state index contributed by atoms with van der Waals surface area (Å²) in [6, 6.07) is 16.0. The van der Waals surface area contributed by atoms with Gasteiger partial charge in [-0.25, -0.2) is 0 Å². The predicted octanol–water partition coefficient (Wildman–Crippen LogP) is 2.88. The first kappa shape index (κ1) is 15.5. The van der Waals surface area contributed by atoms with E-state index in [0.717, 1.165) is 5.69 Å². The van der Waals surface area contributed by atoms with E-state index < -0.39 is 0 Å². The molecule has 0 bridgehead atoms. The van der Waals surface area contributed by atoms with Crippen LogP contribution in [0.3, 0.4) is 0 Å². The summed E-state index contributed by atoms with van der Waals surface area (Å²) >= 11 is 0. The van der Waals surface area contributed by atoms with Crippen molar-refractivity contribution in [2.24, 2.45) is 0 Å². The minimum atomic E-state index is -0.185. The van der Waals surface area contributed by atoms with E-state index in [0.29, 0.717) is 17.7 Å². The molecule has 2 amide bonds. The van der Waals surface area contributed by atoms with Gasteiger partial charge < -0.3 is 10.2 Å². The second kappa shape index (κ2) is 7.22. The molecule has 0 fully saturated rings. The van der Waals surface area contributed by atoms with E-state index in [1.54, 1.807) is 42.3 Å². The standard InChI is InChI=1S/C18H18N2O2/c1-3-13-19-17(21)14-9-11-15(12-10-14)18(22)20(2)16-7-5-4-6-8-16/h3-12H,1,13H2,2H3,(H,19,21). The van der Waals surface area contributed by atoms with Crippen LogP contribution in [0.15, 0.2) is 67.3 Å². The van der Waals surface area contributed by atoms with Crippen LogP contribution in [0, 0.1) is 0 Å². The molecular weight excluding hydrogens is 276 g/mol. The normalized spacial score (nSPS) is 9.86. The van der Waals surface area contributed by atoms with Crippen LogP contribution in [0.1, 0.15) is 20.7 Å². The van der Waals surface area contributed by atoms with Crippen molar-refractivity contribution in [3.8, 4) is 0 Å². The highest BCUT2D eigenvalue weighted by atomic mass is 16.2. The van der Waals surface area contributed by atoms with E-state index in [4.69, 9.17) is 0 Å². The molecule has 0 aromatic heterocycles. The molecule has 0 heterocycles. The van der Waals surface area contributed by atoms with Gasteiger partial charge in [0, 0.05) is 30.4 Å². The lowest BCUT2D eigenvalue weighted by Gasteiger charge is -2.17. The summed E-state index contributed by atoms with van der Waals surface area (Å²) in [5, 5.41) is 2.69. The molecule has 0 aliphatic rings. The number of anilines is 1. The van der Waals surface area contributed by atoms with Crippen LogP contribution >= 0.6 is 0 Å². The first-order chi connectivity index (χ1) is 10.6. The van der Waals surface area contributed by atoms with Crippen molar-refractivity contribution >= 4 is 17.5 Å². The molecular formula is C18H18N2O2. The Bertz CT molecular complexity index is 663. The van der Waals surface area contributed by atoms with E-state index in [1.807, 2.05) is 30.3 Å². The molecule has 0 aliphatic heterocycles. The summed E-state index contributed by atoms with van der Waals surface area (Å²) in [5.41, 5.74) is 1.87. The molecule has 0 saturated heterocycles. The third-order valence-corrected chi connectivity index (χ3v) is 3.25. The van der Waals surface area contributed by atoms with Crippen molar-refractivity contribution in [3.63, 3.8) is 0 Å². The molecule has 2 aromatic carbocycles. The van der Waals surface area contributed by atoms with Crippen molar-refractivity contribution in [1.82, 2.24) is 5.32 Å². The van der Waals surface area contributed by atoms with Gasteiger partial charge in [-0.3, -0.25) is 9.59 Å². The lowest BCUT2D eigenvalue weighted by molar-refractivity contribution is 0.0954. The topological polar surface area (TPSA) is 49.4 Å². The van der Waals surface area contributed by atoms with Gasteiger partial charge in [0.15, 0.2) is 0 Å². The van der Waals surface area contributed by atoms with Gasteiger partial charge >= 0.3 is 0 Å². The number of nitrogens with zero attached hydrogens (tertiary/aromatic N) is 1. The maximum absolute atomic E-state index is 12.4. The lowest BCUT2D eigenvalue weighted by atomic mass is 10.1. The van der Waals surface area contributed by atoms with Gasteiger partial charge in [-0.2, -0.15) is 0 Å². The SMILES string of the molecule is C=CCNC(=O)c1ccc(C(=O)N(C)c2ccccc2)cc1. The monoisotopic (exact) mass is 294 g/mol. The zero-order valence-corrected chi connectivity index (χ0v) is 12.5. The van der Waals surface area contributed by atoms with E-state index in [9.17, 15) is 9.59 Å². The summed E-state index contributed by atoms with van der Waals surface area (Å²) in [6.07, 6.45) is 1.62. The van der Waals surface area contributed by atoms with Crippen molar-refractivity contribution in [3.05, 3.63) is 78.4 Å². The molecule has 0 unspecified atom stereocenters. The first-order valence-corrected chi connectivity index (χ1v) is 6.95. The molecule has 0 radical (unpaired) electrons. The number of hydrogen-bond donors (Lipinski definition) is 1. The zero-order valence-electron chi connectivity index (χ0n) is 12.5. The van der Waals surface area contributed by atoms with Crippen LogP contribution in [0.25, 0.3) is 0 Å². The molecule has 2 aromatic rings. The van der Waals surface area contributed by atoms with Gasteiger partial charge in [0.2, 0.25) is 0 Å². The predicted molar refractivity (Wildman–Crippen MR) is 88.1 cm³/mol. The minimum Gasteiger partial charge on any atom is -0.349 e. The summed E-state index contributed by atoms with van der Waals surface area (Å²) in [5.74, 6) is -0.306. The van der Waals surface area contributed by atoms with Crippen molar-refractivity contribution in [1.29, 1.82) is 0 Å². The van der Waals surface area contributed by atoms with Crippen molar-refractivity contribution in [2.45, 2.75) is 0 Å². The fourth-order valence-corrected chi connectivity index (χ4v) is 1.99. The highest BCUT2D eigenvalue weighted by Gasteiger charge is 2.13. The Labute approximate surface area is 130 Å². The van der Waals surface area contributed by atoms with Crippen LogP contribution in [-0.2, 0) is 0 Å². The fourth-order valence-electron chi connectivity index (χ4n) is 1.99. The number of carbonyl (C=O) groups is 2. The number of carbonyl (C=O) groups excluding carboxylic acids is 2. The van der Waals surface area contributed by atoms with Crippen LogP contribution in [0.5, 0.6) is 0 Å². The quantitative estimate of drug-likeness (QED) is 0.862. The highest BCUT2D eigenvalue weighted by Crippen LogP contribution is 2.15. The van der Waals surface area contributed by atoms with E-state index in [-0.39, 0.29) is 11.8 Å². The minimum absolute atomic E-state index is 0.121. The number of nitrogens with one attached hydrogen (secondary N) is 1. The third-order valence-electron chi connectivity index (χ3n) is 3.25. The first-order valence-electron chi connectivity index (χ1n) is 6.95. The largest absolute Gasteiger partial charge is 0.349 e. The average molecular weight is 294 g/mol. The summed E-state index contributed by atoms with van der Waals surface area (Å²) in [4.78, 5) is 25.8. The summed E-state index contributed by atoms with van der Waals surface area (Å²) in [6.45, 7) is 3.96. The smallest absolute Gasteiger partial charge is 0.258 e. The molecule has 22 heavy (non-hydrogen) atoms. The molecule has 4 nitrogen and oxygen atoms in total. The highest BCUT2D eigenvalue weighted by molar-refractivity contribution is 6.06. The summed E-state index contributed by atoms with van der Waals surface area (Å²) in [7, 11) is 1.72. The second-order valence-electron chi connectivity index (χ2n) is 4.78. The van der Waals surface area contributed by atoms with E-state index in [1.165, 1.54) is 0 Å². The van der Waals surface area contributed by atoms with Crippen LogP contribution in [0.2, 0.25) is 0 Å². The Morgan fingerprint density at radius 3 is 2.23 bits per heavy atom. The van der Waals surface area contributed by atoms with Gasteiger partial charge in [0.25, 0.3) is 11.8 Å². The Morgan fingerprint density at radius 2 is 1.64 bits per heavy atom. The molecule has 112 valence electrons. The maximum atomic E-state index is 12.4. The molecule has 0 atom stereocenters. The van der Waals surface area contributed by atoms with Gasteiger partial charge in [-0.05, 0) is 36.4 Å². The number of amides is 2. The van der Waals surface area contributed by atoms with Gasteiger partial charge in [-0.1, -0.05) is 24.3 Å². The molecule has 4 heteroatoms. The molecule has 0 spiro atoms. The van der Waals surface area contributed by atoms with Crippen molar-refractivity contribution in [2.75, 3.05) is 18.5 Å². The Kier molecular flexibility index (Phi) is 5.09. The molecule has 2 rings (SSSR count). The fraction of sp³-hybridized carbons (Fsp3) is 0.111. The second-order valence-corrected chi connectivity index (χ2v) is 4.78. The lowest BCUT2D eigenvalue weighted by Crippen LogP contribution is -2.26. The molecule has 0 saturated carbocycles. The molecule has 0 aliphatic carbocycles. The number of hydrogen-bond acceptors (Lipinski definition) is 2. The average Bonchev–Trinajstić information content (AvgIpc) is 2.59. The molecule has 1 N–H and O–H groups in total. The van der Waals surface area contributed by atoms with Crippen LogP contribution < -0.4 is 10.2 Å². The Balaban J connectivity index is 2.11. The Hall–Kier alpha value is -2.88. The maximum Gasteiger partial charge on any atom is 0.258 e. The zero-order chi connectivity index (χ0) is 15.9. The van der Waals surface area contributed by atoms with Crippen molar-refractivity contribution < 1.29 is 9.59 Å². The van der Waals surface area contributed by atoms with Crippen LogP contribution in [0.4, 0.5) is 5.69 Å². The van der Waals surface area contributed by atoms with Gasteiger partial charge in [0.1, 0.15) is 0 Å². The van der Waals surface area contributed by atoms with Gasteiger partial charge in [0.05, 0.1) is 0 Å². The van der Waals surface area contributed by atoms with E-state index >= 15 is 0 Å². The van der Waals surface area contributed by atoms with E-state index in [2.05, 4.69) is 11.9 Å². The third kappa shape index (κ3) is 3.61. The van der Waals surface area contributed by atoms with Gasteiger partial charge in [-0.15, -0.1) is 6.58 Å². The number of para-hydroxylation sites is 1.